The Bertz CT molecular complexity index is 4580. The second kappa shape index (κ2) is 16.1. The topological polar surface area (TPSA) is 16.4 Å². The van der Waals surface area contributed by atoms with Crippen molar-refractivity contribution < 1.29 is 4.42 Å². The van der Waals surface area contributed by atoms with Crippen LogP contribution in [0, 0.1) is 0 Å². The van der Waals surface area contributed by atoms with Crippen molar-refractivity contribution in [1.82, 2.24) is 0 Å². The van der Waals surface area contributed by atoms with Gasteiger partial charge in [-0.1, -0.05) is 218 Å². The van der Waals surface area contributed by atoms with Gasteiger partial charge in [0.05, 0.1) is 11.1 Å². The smallest absolute Gasteiger partial charge is 0.135 e. The summed E-state index contributed by atoms with van der Waals surface area (Å²) in [6.45, 7) is 0. The highest BCUT2D eigenvalue weighted by molar-refractivity contribution is 6.26. The van der Waals surface area contributed by atoms with Crippen LogP contribution in [0.25, 0.3) is 110 Å². The van der Waals surface area contributed by atoms with Gasteiger partial charge in [0.15, 0.2) is 0 Å². The Balaban J connectivity index is 1.06. The van der Waals surface area contributed by atoms with Crippen LogP contribution in [0.2, 0.25) is 0 Å². The number of para-hydroxylation sites is 1. The Morgan fingerprint density at radius 2 is 0.720 bits per heavy atom. The predicted octanol–water partition coefficient (Wildman–Crippen LogP) is 19.9. The second-order valence-corrected chi connectivity index (χ2v) is 20.2. The first-order chi connectivity index (χ1) is 37.2. The molecule has 0 atom stereocenters. The van der Waals surface area contributed by atoms with Crippen LogP contribution in [0.1, 0.15) is 22.3 Å². The molecule has 0 N–H and O–H groups in total. The van der Waals surface area contributed by atoms with E-state index in [0.717, 1.165) is 61.3 Å². The molecule has 14 aromatic rings. The fraction of sp³-hybridized carbons (Fsp3) is 0.0137. The summed E-state index contributed by atoms with van der Waals surface area (Å²) < 4.78 is 6.51. The Hall–Kier alpha value is -9.76. The Morgan fingerprint density at radius 1 is 0.240 bits per heavy atom. The average molecular weight is 952 g/mol. The van der Waals surface area contributed by atoms with Gasteiger partial charge < -0.3 is 9.32 Å². The molecule has 16 rings (SSSR count). The lowest BCUT2D eigenvalue weighted by Gasteiger charge is -2.33. The minimum absolute atomic E-state index is 0.562. The van der Waals surface area contributed by atoms with Crippen molar-refractivity contribution in [2.75, 3.05) is 4.90 Å². The summed E-state index contributed by atoms with van der Waals surface area (Å²) >= 11 is 0. The van der Waals surface area contributed by atoms with Gasteiger partial charge >= 0.3 is 0 Å². The van der Waals surface area contributed by atoms with E-state index in [2.05, 4.69) is 278 Å². The van der Waals surface area contributed by atoms with Gasteiger partial charge in [0.2, 0.25) is 0 Å². The summed E-state index contributed by atoms with van der Waals surface area (Å²) in [5.41, 5.74) is 21.6. The van der Waals surface area contributed by atoms with Gasteiger partial charge in [0.1, 0.15) is 11.2 Å². The molecule has 0 unspecified atom stereocenters. The van der Waals surface area contributed by atoms with Crippen LogP contribution < -0.4 is 4.90 Å². The molecular formula is C73H45NO. The van der Waals surface area contributed by atoms with Crippen molar-refractivity contribution in [2.24, 2.45) is 0 Å². The standard InChI is InChI=1S/C73H45NO/c1-3-19-46(20-4-1)51-38-36-49(42-61(51)47-21-5-2-6-22-47)74(50-37-39-56-54-25-8-7-23-52(54)53-24-9-10-26-55(53)63(56)43-50)70-45-69-64(44-62(70)48-35-40-72-65(41-48)60-30-14-18-34-71(60)75-72)59-29-13-17-33-68(59)73(69)66-31-15-11-27-57(66)58-28-12-16-32-67(58)73/h1-45H. The normalized spacial score (nSPS) is 12.9. The van der Waals surface area contributed by atoms with E-state index < -0.39 is 5.41 Å². The Kier molecular flexibility index (Phi) is 8.99. The molecule has 348 valence electrons. The molecule has 1 spiro atoms. The van der Waals surface area contributed by atoms with Crippen LogP contribution in [0.4, 0.5) is 17.1 Å². The third kappa shape index (κ3) is 6.02. The van der Waals surface area contributed by atoms with E-state index in [4.69, 9.17) is 4.42 Å². The lowest BCUT2D eigenvalue weighted by Crippen LogP contribution is -2.26. The summed E-state index contributed by atoms with van der Waals surface area (Å²) in [6, 6.07) is 101. The van der Waals surface area contributed by atoms with E-state index in [9.17, 15) is 0 Å². The Morgan fingerprint density at radius 3 is 1.36 bits per heavy atom. The lowest BCUT2D eigenvalue weighted by molar-refractivity contribution is 0.669. The zero-order chi connectivity index (χ0) is 49.2. The molecule has 0 bridgehead atoms. The number of rotatable bonds is 6. The third-order valence-corrected chi connectivity index (χ3v) is 16.5. The molecule has 0 aliphatic heterocycles. The van der Waals surface area contributed by atoms with E-state index in [0.29, 0.717) is 0 Å². The first-order valence-corrected chi connectivity index (χ1v) is 26.0. The molecule has 2 aliphatic carbocycles. The van der Waals surface area contributed by atoms with Crippen LogP contribution in [-0.4, -0.2) is 0 Å². The van der Waals surface area contributed by atoms with Crippen LogP contribution in [0.15, 0.2) is 277 Å². The molecule has 0 radical (unpaired) electrons. The van der Waals surface area contributed by atoms with E-state index in [1.54, 1.807) is 0 Å². The quantitative estimate of drug-likeness (QED) is 0.154. The van der Waals surface area contributed by atoms with Gasteiger partial charge in [-0.05, 0) is 159 Å². The maximum atomic E-state index is 6.51. The number of benzene rings is 13. The molecule has 2 heteroatoms. The lowest BCUT2D eigenvalue weighted by atomic mass is 9.70. The van der Waals surface area contributed by atoms with Crippen molar-refractivity contribution >= 4 is 71.3 Å². The number of furan rings is 1. The van der Waals surface area contributed by atoms with Crippen molar-refractivity contribution in [3.63, 3.8) is 0 Å². The molecule has 0 saturated heterocycles. The zero-order valence-corrected chi connectivity index (χ0v) is 40.8. The van der Waals surface area contributed by atoms with Crippen LogP contribution >= 0.6 is 0 Å². The maximum Gasteiger partial charge on any atom is 0.135 e. The number of nitrogens with zero attached hydrogens (tertiary/aromatic N) is 1. The van der Waals surface area contributed by atoms with Crippen molar-refractivity contribution in [3.8, 4) is 55.6 Å². The highest BCUT2D eigenvalue weighted by Crippen LogP contribution is 2.64. The highest BCUT2D eigenvalue weighted by atomic mass is 16.3. The predicted molar refractivity (Wildman–Crippen MR) is 314 cm³/mol. The molecule has 0 amide bonds. The third-order valence-electron chi connectivity index (χ3n) is 16.5. The summed E-state index contributed by atoms with van der Waals surface area (Å²) in [7, 11) is 0. The molecule has 1 aromatic heterocycles. The van der Waals surface area contributed by atoms with Crippen molar-refractivity contribution in [1.29, 1.82) is 0 Å². The molecule has 2 nitrogen and oxygen atoms in total. The Labute approximate surface area is 434 Å². The van der Waals surface area contributed by atoms with E-state index in [1.807, 2.05) is 0 Å². The fourth-order valence-electron chi connectivity index (χ4n) is 13.3. The first-order valence-electron chi connectivity index (χ1n) is 26.0. The van der Waals surface area contributed by atoms with Gasteiger partial charge in [-0.15, -0.1) is 0 Å². The summed E-state index contributed by atoms with van der Waals surface area (Å²) in [4.78, 5) is 2.56. The molecule has 2 aliphatic rings. The van der Waals surface area contributed by atoms with Gasteiger partial charge in [-0.3, -0.25) is 0 Å². The van der Waals surface area contributed by atoms with Crippen molar-refractivity contribution in [2.45, 2.75) is 5.41 Å². The minimum Gasteiger partial charge on any atom is -0.456 e. The highest BCUT2D eigenvalue weighted by Gasteiger charge is 2.52. The maximum absolute atomic E-state index is 6.51. The van der Waals surface area contributed by atoms with Gasteiger partial charge in [0.25, 0.3) is 0 Å². The number of hydrogen-bond acceptors (Lipinski definition) is 2. The van der Waals surface area contributed by atoms with E-state index >= 15 is 0 Å². The molecule has 0 saturated carbocycles. The largest absolute Gasteiger partial charge is 0.456 e. The van der Waals surface area contributed by atoms with Crippen molar-refractivity contribution in [3.05, 3.63) is 295 Å². The summed E-state index contributed by atoms with van der Waals surface area (Å²) in [5.74, 6) is 0. The summed E-state index contributed by atoms with van der Waals surface area (Å²) in [6.07, 6.45) is 0. The molecule has 13 aromatic carbocycles. The number of fused-ring (bicyclic) bond motifs is 19. The van der Waals surface area contributed by atoms with Gasteiger partial charge in [0, 0.05) is 27.7 Å². The molecular weight excluding hydrogens is 907 g/mol. The monoisotopic (exact) mass is 951 g/mol. The fourth-order valence-corrected chi connectivity index (χ4v) is 13.3. The van der Waals surface area contributed by atoms with Crippen LogP contribution in [0.3, 0.4) is 0 Å². The minimum atomic E-state index is -0.562. The summed E-state index contributed by atoms with van der Waals surface area (Å²) in [5, 5.41) is 9.65. The first kappa shape index (κ1) is 41.8. The zero-order valence-electron chi connectivity index (χ0n) is 40.8. The van der Waals surface area contributed by atoms with E-state index in [-0.39, 0.29) is 0 Å². The van der Waals surface area contributed by atoms with Gasteiger partial charge in [-0.2, -0.15) is 0 Å². The molecule has 0 fully saturated rings. The SMILES string of the molecule is c1ccc(-c2ccc(N(c3ccc4c5ccccc5c5ccccc5c4c3)c3cc4c(cc3-c3ccc5oc6ccccc6c5c3)-c3ccccc3C43c4ccccc4-c4ccccc43)cc2-c2ccccc2)cc1. The van der Waals surface area contributed by atoms with E-state index in [1.165, 1.54) is 88.0 Å². The van der Waals surface area contributed by atoms with Gasteiger partial charge in [-0.25, -0.2) is 0 Å². The molecule has 1 heterocycles. The molecule has 75 heavy (non-hydrogen) atoms. The number of hydrogen-bond donors (Lipinski definition) is 0. The van der Waals surface area contributed by atoms with Crippen LogP contribution in [0.5, 0.6) is 0 Å². The second-order valence-electron chi connectivity index (χ2n) is 20.2. The number of anilines is 3. The van der Waals surface area contributed by atoms with Crippen LogP contribution in [-0.2, 0) is 5.41 Å². The average Bonchev–Trinajstić information content (AvgIpc) is 4.14.